The predicted molar refractivity (Wildman–Crippen MR) is 507 cm³/mol. The first-order valence-corrected chi connectivity index (χ1v) is 48.8. The van der Waals surface area contributed by atoms with Crippen LogP contribution in [0.1, 0.15) is 498 Å². The lowest BCUT2D eigenvalue weighted by molar-refractivity contribution is 0.00688. The largest absolute Gasteiger partial charge is 0.508 e. The van der Waals surface area contributed by atoms with Gasteiger partial charge in [0.05, 0.1) is 0 Å². The molecule has 0 saturated heterocycles. The molecule has 6 aromatic carbocycles. The average Bonchev–Trinajstić information content (AvgIpc) is 0.656. The molecule has 0 bridgehead atoms. The summed E-state index contributed by atoms with van der Waals surface area (Å²) in [5.41, 5.74) is 25.0. The van der Waals surface area contributed by atoms with E-state index in [1.807, 2.05) is 0 Å². The van der Waals surface area contributed by atoms with Crippen LogP contribution in [0.15, 0.2) is 72.8 Å². The van der Waals surface area contributed by atoms with Crippen LogP contribution in [0, 0.1) is 47.0 Å². The minimum Gasteiger partial charge on any atom is -0.508 e. The van der Waals surface area contributed by atoms with Gasteiger partial charge in [0.25, 0.3) is 0 Å². The van der Waals surface area contributed by atoms with Gasteiger partial charge in [-0.25, -0.2) is 0 Å². The molecule has 0 fully saturated rings. The highest BCUT2D eigenvalue weighted by Crippen LogP contribution is 2.74. The lowest BCUT2D eigenvalue weighted by atomic mass is 9.35. The molecule has 644 valence electrons. The Balaban J connectivity index is 2.45. The number of hydrogen-bond donors (Lipinski definition) is 3. The van der Waals surface area contributed by atoms with E-state index >= 15 is 0 Å². The zero-order chi connectivity index (χ0) is 84.7. The van der Waals surface area contributed by atoms with Gasteiger partial charge >= 0.3 is 0 Å². The molecule has 1 atom stereocenters. The summed E-state index contributed by atoms with van der Waals surface area (Å²) in [6.45, 7) is 57.8. The summed E-state index contributed by atoms with van der Waals surface area (Å²) in [6.07, 6.45) is 50.8. The number of aromatic hydroxyl groups is 3. The van der Waals surface area contributed by atoms with E-state index in [0.717, 1.165) is 190 Å². The molecule has 0 aliphatic rings. The Morgan fingerprint density at radius 1 is 0.243 bits per heavy atom. The van der Waals surface area contributed by atoms with Crippen LogP contribution >= 0.6 is 0 Å². The Kier molecular flexibility index (Phi) is 40.8. The van der Waals surface area contributed by atoms with Crippen LogP contribution in [0.4, 0.5) is 0 Å². The van der Waals surface area contributed by atoms with E-state index in [9.17, 15) is 15.3 Å². The van der Waals surface area contributed by atoms with Crippen molar-refractivity contribution in [2.45, 2.75) is 488 Å². The Hall–Kier alpha value is -5.28. The first-order chi connectivity index (χ1) is 54.8. The van der Waals surface area contributed by atoms with Crippen molar-refractivity contribution in [3.05, 3.63) is 190 Å². The highest BCUT2D eigenvalue weighted by atomic mass is 16.3. The zero-order valence-corrected chi connectivity index (χ0v) is 79.7. The van der Waals surface area contributed by atoms with Gasteiger partial charge in [0, 0.05) is 16.7 Å². The monoisotopic (exact) mass is 1570 g/mol. The normalized spacial score (nSPS) is 13.1. The van der Waals surface area contributed by atoms with E-state index in [1.54, 1.807) is 38.9 Å². The summed E-state index contributed by atoms with van der Waals surface area (Å²) in [6, 6.07) is 31.5. The molecule has 0 radical (unpaired) electrons. The van der Waals surface area contributed by atoms with Gasteiger partial charge in [0.15, 0.2) is 0 Å². The quantitative estimate of drug-likeness (QED) is 0.0334. The molecule has 0 aliphatic carbocycles. The number of aryl methyl sites for hydroxylation is 12. The Morgan fingerprint density at radius 2 is 0.470 bits per heavy atom. The van der Waals surface area contributed by atoms with Gasteiger partial charge in [-0.15, -0.1) is 0 Å². The van der Waals surface area contributed by atoms with Gasteiger partial charge in [-0.1, -0.05) is 389 Å². The van der Waals surface area contributed by atoms with E-state index in [1.165, 1.54) is 177 Å². The third kappa shape index (κ3) is 25.2. The van der Waals surface area contributed by atoms with Crippen molar-refractivity contribution in [3.63, 3.8) is 0 Å². The summed E-state index contributed by atoms with van der Waals surface area (Å²) < 4.78 is 0. The minimum atomic E-state index is -0.972. The summed E-state index contributed by atoms with van der Waals surface area (Å²) >= 11 is 0. The molecule has 0 saturated carbocycles. The Bertz CT molecular complexity index is 3620. The number of phenolic OH excluding ortho intramolecular Hbond substituents is 3. The second-order valence-corrected chi connectivity index (χ2v) is 40.3. The molecule has 3 nitrogen and oxygen atoms in total. The highest BCUT2D eigenvalue weighted by Gasteiger charge is 2.69. The van der Waals surface area contributed by atoms with E-state index < -0.39 is 32.5 Å². The number of hydrogen-bond acceptors (Lipinski definition) is 3. The highest BCUT2D eigenvalue weighted by molar-refractivity contribution is 5.69. The molecule has 0 aliphatic heterocycles. The summed E-state index contributed by atoms with van der Waals surface area (Å²) in [5.74, 6) is 0.926. The van der Waals surface area contributed by atoms with Crippen LogP contribution < -0.4 is 0 Å². The SMILES string of the molecule is CCCCCCCCCCC(c1cc(C(C)(C)C)c(O)cc1C)(c1cc(C(C)(C)C)c(O)cc1C)C(CCCCCCCCCC)(CCCCCCCCCC)C(c1cc(C(C)(C)C)c(O)cc1C)(c1c(CCCC)cc(C)cc1CCCC)C(c1c(CCCC)cc(C)cc1CCCC)c1c(CCCC)cc(C)cc1CCCC. The molecule has 0 spiro atoms. The fourth-order valence-corrected chi connectivity index (χ4v) is 21.6. The molecular weight excluding hydrogens is 1390 g/mol. The molecule has 0 aromatic heterocycles. The lowest BCUT2D eigenvalue weighted by Crippen LogP contribution is -2.63. The topological polar surface area (TPSA) is 60.7 Å². The minimum absolute atomic E-state index is 0.259. The number of unbranched alkanes of at least 4 members (excludes halogenated alkanes) is 27. The molecule has 115 heavy (non-hydrogen) atoms. The van der Waals surface area contributed by atoms with Crippen LogP contribution in [0.5, 0.6) is 17.2 Å². The molecule has 0 heterocycles. The van der Waals surface area contributed by atoms with E-state index in [0.29, 0.717) is 17.2 Å². The molecule has 3 heteroatoms. The molecular formula is C112H178O3. The van der Waals surface area contributed by atoms with Crippen LogP contribution in [-0.4, -0.2) is 15.3 Å². The Labute approximate surface area is 711 Å². The molecule has 0 amide bonds. The summed E-state index contributed by atoms with van der Waals surface area (Å²) in [5, 5.41) is 40.4. The van der Waals surface area contributed by atoms with Gasteiger partial charge < -0.3 is 15.3 Å². The molecule has 6 aromatic rings. The van der Waals surface area contributed by atoms with Crippen molar-refractivity contribution in [1.29, 1.82) is 0 Å². The number of benzene rings is 6. The third-order valence-electron chi connectivity index (χ3n) is 27.3. The van der Waals surface area contributed by atoms with Crippen LogP contribution in [0.2, 0.25) is 0 Å². The second kappa shape index (κ2) is 47.6. The van der Waals surface area contributed by atoms with Gasteiger partial charge in [-0.3, -0.25) is 0 Å². The second-order valence-electron chi connectivity index (χ2n) is 40.3. The number of rotatable bonds is 54. The van der Waals surface area contributed by atoms with E-state index in [-0.39, 0.29) is 5.92 Å². The van der Waals surface area contributed by atoms with Crippen LogP contribution in [-0.2, 0) is 65.6 Å². The van der Waals surface area contributed by atoms with E-state index in [4.69, 9.17) is 0 Å². The molecule has 3 N–H and O–H groups in total. The lowest BCUT2D eigenvalue weighted by Gasteiger charge is -2.67. The van der Waals surface area contributed by atoms with E-state index in [2.05, 4.69) is 239 Å². The van der Waals surface area contributed by atoms with Gasteiger partial charge in [-0.2, -0.15) is 0 Å². The fraction of sp³-hybridized carbons (Fsp3) is 0.679. The first kappa shape index (κ1) is 98.5. The third-order valence-corrected chi connectivity index (χ3v) is 27.3. The smallest absolute Gasteiger partial charge is 0.119 e. The zero-order valence-electron chi connectivity index (χ0n) is 79.7. The van der Waals surface area contributed by atoms with Crippen LogP contribution in [0.25, 0.3) is 0 Å². The molecule has 6 rings (SSSR count). The first-order valence-electron chi connectivity index (χ1n) is 48.8. The average molecular weight is 1570 g/mol. The van der Waals surface area contributed by atoms with Crippen molar-refractivity contribution >= 4 is 0 Å². The summed E-state index contributed by atoms with van der Waals surface area (Å²) in [7, 11) is 0. The summed E-state index contributed by atoms with van der Waals surface area (Å²) in [4.78, 5) is 0. The van der Waals surface area contributed by atoms with Crippen molar-refractivity contribution in [2.24, 2.45) is 5.41 Å². The van der Waals surface area contributed by atoms with Gasteiger partial charge in [0.2, 0.25) is 0 Å². The van der Waals surface area contributed by atoms with Crippen molar-refractivity contribution in [1.82, 2.24) is 0 Å². The Morgan fingerprint density at radius 3 is 0.739 bits per heavy atom. The van der Waals surface area contributed by atoms with Crippen molar-refractivity contribution in [2.75, 3.05) is 0 Å². The van der Waals surface area contributed by atoms with Crippen molar-refractivity contribution < 1.29 is 15.3 Å². The van der Waals surface area contributed by atoms with Gasteiger partial charge in [-0.05, 0) is 278 Å². The molecule has 1 unspecified atom stereocenters. The predicted octanol–water partition coefficient (Wildman–Crippen LogP) is 34.3. The number of phenols is 3. The maximum absolute atomic E-state index is 13.7. The van der Waals surface area contributed by atoms with Crippen LogP contribution in [0.3, 0.4) is 0 Å². The maximum Gasteiger partial charge on any atom is 0.119 e. The van der Waals surface area contributed by atoms with Crippen molar-refractivity contribution in [3.8, 4) is 17.2 Å². The van der Waals surface area contributed by atoms with Gasteiger partial charge in [0.1, 0.15) is 17.2 Å². The fourth-order valence-electron chi connectivity index (χ4n) is 21.6. The standard InChI is InChI=1S/C112H178O3/c1-25-34-43-46-49-52-55-58-67-110(68-59-56-53-50-47-44-35-26-2,111(69-60-57-54-51-48-45-36-27-3,94-79-97(107(16,17)18)100(113)76-85(94)13)95-80-98(108(19,20)21)101(114)77-86(95)14)112(96-81-99(109(22,23)24)102(115)78-87(96)15,105-92(65-41-32-8)74-84(12)75-93(105)66-42-33-9)106(103-88(61-37-28-4)70-82(10)71-89(103)62-38-29-5)104-90(63-39-30-6)72-83(11)73-91(104)64-40-31-7/h70-81,106,113-115H,25-69H2,1-24H3. The maximum atomic E-state index is 13.7.